The number of amidine groups is 1. The molecule has 1 fully saturated rings. The van der Waals surface area contributed by atoms with Gasteiger partial charge in [-0.05, 0) is 24.6 Å². The number of nitrogens with zero attached hydrogens (tertiary/aromatic N) is 3. The third kappa shape index (κ3) is 4.00. The molecule has 1 aromatic carbocycles. The number of benzene rings is 1. The molecule has 158 valence electrons. The van der Waals surface area contributed by atoms with Gasteiger partial charge in [-0.1, -0.05) is 12.1 Å². The lowest BCUT2D eigenvalue weighted by molar-refractivity contribution is -0.137. The van der Waals surface area contributed by atoms with E-state index in [2.05, 4.69) is 15.2 Å². The summed E-state index contributed by atoms with van der Waals surface area (Å²) in [4.78, 5) is 24.4. The van der Waals surface area contributed by atoms with E-state index < -0.39 is 11.5 Å². The van der Waals surface area contributed by atoms with Gasteiger partial charge in [0, 0.05) is 36.9 Å². The van der Waals surface area contributed by atoms with Gasteiger partial charge in [-0.15, -0.1) is 11.3 Å². The molecular formula is C21H23FN4O3S. The average molecular weight is 431 g/mol. The maximum atomic E-state index is 13.6. The van der Waals surface area contributed by atoms with Crippen molar-refractivity contribution in [2.75, 3.05) is 40.0 Å². The van der Waals surface area contributed by atoms with Crippen LogP contribution < -0.4 is 5.32 Å². The number of esters is 1. The minimum Gasteiger partial charge on any atom is -0.466 e. The van der Waals surface area contributed by atoms with Crippen molar-refractivity contribution in [3.63, 3.8) is 0 Å². The molecule has 0 amide bonds. The number of ether oxygens (including phenoxy) is 2. The van der Waals surface area contributed by atoms with Crippen molar-refractivity contribution in [2.45, 2.75) is 12.5 Å². The van der Waals surface area contributed by atoms with Crippen LogP contribution in [0, 0.1) is 5.82 Å². The summed E-state index contributed by atoms with van der Waals surface area (Å²) in [7, 11) is 1.35. The van der Waals surface area contributed by atoms with Gasteiger partial charge >= 0.3 is 5.97 Å². The molecule has 2 aliphatic heterocycles. The highest BCUT2D eigenvalue weighted by Gasteiger charge is 2.42. The van der Waals surface area contributed by atoms with Crippen LogP contribution in [0.1, 0.15) is 17.5 Å². The van der Waals surface area contributed by atoms with Crippen LogP contribution in [0.5, 0.6) is 0 Å². The van der Waals surface area contributed by atoms with Gasteiger partial charge in [0.2, 0.25) is 0 Å². The summed E-state index contributed by atoms with van der Waals surface area (Å²) in [5, 5.41) is 5.91. The van der Waals surface area contributed by atoms with Crippen LogP contribution in [-0.2, 0) is 19.8 Å². The number of halogens is 1. The van der Waals surface area contributed by atoms with Gasteiger partial charge in [0.05, 0.1) is 25.9 Å². The van der Waals surface area contributed by atoms with Gasteiger partial charge in [0.25, 0.3) is 0 Å². The molecule has 0 bridgehead atoms. The maximum absolute atomic E-state index is 13.6. The molecule has 2 aliphatic rings. The summed E-state index contributed by atoms with van der Waals surface area (Å²) in [6.07, 6.45) is 1.71. The molecule has 1 atom stereocenters. The van der Waals surface area contributed by atoms with Crippen molar-refractivity contribution >= 4 is 23.1 Å². The summed E-state index contributed by atoms with van der Waals surface area (Å²) in [6.45, 7) is 5.16. The molecule has 7 nitrogen and oxygen atoms in total. The standard InChI is InChI=1S/C21H23FN4O3S/c1-21(14-3-5-15(22)6-4-14)17(20(27)28-2)16(13-26-8-10-29-11-9-26)24-18(25-21)19-23-7-12-30-19/h3-7,12H,8-11,13H2,1-2H3,(H,24,25)/t21-/m0/s1. The van der Waals surface area contributed by atoms with E-state index >= 15 is 0 Å². The van der Waals surface area contributed by atoms with E-state index in [9.17, 15) is 9.18 Å². The lowest BCUT2D eigenvalue weighted by Gasteiger charge is -2.37. The molecular weight excluding hydrogens is 407 g/mol. The first-order chi connectivity index (χ1) is 14.5. The van der Waals surface area contributed by atoms with Gasteiger partial charge in [-0.2, -0.15) is 0 Å². The largest absolute Gasteiger partial charge is 0.466 e. The molecule has 1 aromatic heterocycles. The third-order valence-electron chi connectivity index (χ3n) is 5.31. The highest BCUT2D eigenvalue weighted by molar-refractivity contribution is 7.11. The quantitative estimate of drug-likeness (QED) is 0.734. The van der Waals surface area contributed by atoms with Gasteiger partial charge in [-0.3, -0.25) is 4.90 Å². The zero-order valence-electron chi connectivity index (χ0n) is 16.9. The van der Waals surface area contributed by atoms with Gasteiger partial charge in [-0.25, -0.2) is 19.2 Å². The lowest BCUT2D eigenvalue weighted by Crippen LogP contribution is -2.46. The van der Waals surface area contributed by atoms with Gasteiger partial charge in [0.1, 0.15) is 11.4 Å². The van der Waals surface area contributed by atoms with Crippen LogP contribution in [0.15, 0.2) is 52.1 Å². The minimum atomic E-state index is -1.06. The second kappa shape index (κ2) is 8.63. The fourth-order valence-corrected chi connectivity index (χ4v) is 4.34. The smallest absolute Gasteiger partial charge is 0.338 e. The summed E-state index contributed by atoms with van der Waals surface area (Å²) in [6, 6.07) is 6.05. The Bertz CT molecular complexity index is 969. The van der Waals surface area contributed by atoms with Crippen molar-refractivity contribution < 1.29 is 18.7 Å². The van der Waals surface area contributed by atoms with E-state index in [1.54, 1.807) is 18.3 Å². The fraction of sp³-hybridized carbons (Fsp3) is 0.381. The van der Waals surface area contributed by atoms with Gasteiger partial charge < -0.3 is 14.8 Å². The van der Waals surface area contributed by atoms with E-state index in [-0.39, 0.29) is 5.82 Å². The van der Waals surface area contributed by atoms with E-state index in [1.807, 2.05) is 12.3 Å². The van der Waals surface area contributed by atoms with Gasteiger partial charge in [0.15, 0.2) is 10.8 Å². The van der Waals surface area contributed by atoms with E-state index in [1.165, 1.54) is 30.6 Å². The number of nitrogens with one attached hydrogen (secondary N) is 1. The van der Waals surface area contributed by atoms with E-state index in [0.717, 1.165) is 13.1 Å². The number of hydrogen-bond donors (Lipinski definition) is 1. The number of carbonyl (C=O) groups excluding carboxylic acids is 1. The van der Waals surface area contributed by atoms with Crippen LogP contribution in [-0.4, -0.2) is 61.6 Å². The lowest BCUT2D eigenvalue weighted by atomic mass is 9.82. The monoisotopic (exact) mass is 430 g/mol. The van der Waals surface area contributed by atoms with Crippen LogP contribution in [0.4, 0.5) is 4.39 Å². The Labute approximate surface area is 178 Å². The van der Waals surface area contributed by atoms with Crippen LogP contribution in [0.2, 0.25) is 0 Å². The second-order valence-electron chi connectivity index (χ2n) is 7.24. The number of thiazole rings is 1. The molecule has 0 aliphatic carbocycles. The Morgan fingerprint density at radius 2 is 2.07 bits per heavy atom. The molecule has 0 unspecified atom stereocenters. The third-order valence-corrected chi connectivity index (χ3v) is 6.09. The van der Waals surface area contributed by atoms with Crippen LogP contribution >= 0.6 is 11.3 Å². The predicted octanol–water partition coefficient (Wildman–Crippen LogP) is 2.31. The maximum Gasteiger partial charge on any atom is 0.338 e. The number of aromatic nitrogens is 1. The minimum absolute atomic E-state index is 0.349. The first-order valence-corrected chi connectivity index (χ1v) is 10.5. The Balaban J connectivity index is 1.84. The summed E-state index contributed by atoms with van der Waals surface area (Å²) >= 11 is 1.45. The molecule has 9 heteroatoms. The highest BCUT2D eigenvalue weighted by Crippen LogP contribution is 2.39. The molecule has 1 saturated heterocycles. The first kappa shape index (κ1) is 20.6. The summed E-state index contributed by atoms with van der Waals surface area (Å²) in [5.41, 5.74) is 0.743. The molecule has 4 rings (SSSR count). The van der Waals surface area contributed by atoms with Crippen LogP contribution in [0.3, 0.4) is 0 Å². The number of rotatable bonds is 5. The Hall–Kier alpha value is -2.62. The van der Waals surface area contributed by atoms with E-state index in [4.69, 9.17) is 14.5 Å². The number of carbonyl (C=O) groups is 1. The summed E-state index contributed by atoms with van der Waals surface area (Å²) in [5.74, 6) is -0.246. The number of hydrogen-bond acceptors (Lipinski definition) is 8. The Kier molecular flexibility index (Phi) is 5.94. The SMILES string of the molecule is COC(=O)C1=C(CN2CCOCC2)NC(c2nccs2)=N[C@@]1(C)c1ccc(F)cc1. The topological polar surface area (TPSA) is 76.0 Å². The second-order valence-corrected chi connectivity index (χ2v) is 8.13. The first-order valence-electron chi connectivity index (χ1n) is 9.66. The zero-order valence-corrected chi connectivity index (χ0v) is 17.7. The summed E-state index contributed by atoms with van der Waals surface area (Å²) < 4.78 is 24.2. The van der Waals surface area contributed by atoms with E-state index in [0.29, 0.717) is 47.4 Å². The van der Waals surface area contributed by atoms with Crippen molar-refractivity contribution in [1.82, 2.24) is 15.2 Å². The Morgan fingerprint density at radius 3 is 2.70 bits per heavy atom. The van der Waals surface area contributed by atoms with Crippen molar-refractivity contribution in [3.05, 3.63) is 63.5 Å². The molecule has 30 heavy (non-hydrogen) atoms. The normalized spacial score (nSPS) is 22.4. The fourth-order valence-electron chi connectivity index (χ4n) is 3.76. The molecule has 1 N–H and O–H groups in total. The average Bonchev–Trinajstić information content (AvgIpc) is 3.29. The molecule has 2 aromatic rings. The zero-order chi connectivity index (χ0) is 21.1. The molecule has 0 spiro atoms. The molecule has 0 radical (unpaired) electrons. The number of morpholine rings is 1. The van der Waals surface area contributed by atoms with Crippen molar-refractivity contribution in [2.24, 2.45) is 4.99 Å². The predicted molar refractivity (Wildman–Crippen MR) is 112 cm³/mol. The number of methoxy groups -OCH3 is 1. The number of aliphatic imine (C=N–C) groups is 1. The van der Waals surface area contributed by atoms with Crippen LogP contribution in [0.25, 0.3) is 0 Å². The molecule has 0 saturated carbocycles. The highest BCUT2D eigenvalue weighted by atomic mass is 32.1. The molecule has 3 heterocycles. The van der Waals surface area contributed by atoms with Crippen molar-refractivity contribution in [3.8, 4) is 0 Å². The Morgan fingerprint density at radius 1 is 1.33 bits per heavy atom. The van der Waals surface area contributed by atoms with Crippen molar-refractivity contribution in [1.29, 1.82) is 0 Å².